The molecule has 2 aromatic carbocycles. The Hall–Kier alpha value is -1.31. The summed E-state index contributed by atoms with van der Waals surface area (Å²) in [4.78, 5) is 0. The zero-order valence-corrected chi connectivity index (χ0v) is 12.6. The van der Waals surface area contributed by atoms with Crippen molar-refractivity contribution in [1.82, 2.24) is 0 Å². The highest BCUT2D eigenvalue weighted by atomic mass is 35.5. The topological polar surface area (TPSA) is 26.0 Å². The van der Waals surface area contributed by atoms with E-state index in [2.05, 4.69) is 43.3 Å². The molecule has 0 radical (unpaired) electrons. The molecule has 1 unspecified atom stereocenters. The fourth-order valence-electron chi connectivity index (χ4n) is 3.15. The highest BCUT2D eigenvalue weighted by molar-refractivity contribution is 6.31. The fraction of sp³-hybridized carbons (Fsp3) is 0.333. The average Bonchev–Trinajstić information content (AvgIpc) is 2.42. The van der Waals surface area contributed by atoms with E-state index in [1.54, 1.807) is 0 Å². The third kappa shape index (κ3) is 2.74. The Balaban J connectivity index is 1.84. The van der Waals surface area contributed by atoms with Crippen LogP contribution in [0.15, 0.2) is 42.5 Å². The lowest BCUT2D eigenvalue weighted by molar-refractivity contribution is 0.369. The number of halogens is 1. The summed E-state index contributed by atoms with van der Waals surface area (Å²) < 4.78 is 0. The Labute approximate surface area is 125 Å². The molecule has 2 N–H and O–H groups in total. The molecule has 0 aromatic heterocycles. The Morgan fingerprint density at radius 3 is 2.65 bits per heavy atom. The van der Waals surface area contributed by atoms with Crippen molar-refractivity contribution in [3.8, 4) is 0 Å². The number of fused-ring (bicyclic) bond motifs is 1. The lowest BCUT2D eigenvalue weighted by Gasteiger charge is -2.35. The molecule has 0 spiro atoms. The van der Waals surface area contributed by atoms with Crippen LogP contribution >= 0.6 is 11.6 Å². The van der Waals surface area contributed by atoms with Crippen LogP contribution in [0, 0.1) is 6.92 Å². The second-order valence-electron chi connectivity index (χ2n) is 6.08. The molecule has 0 amide bonds. The molecule has 2 heteroatoms. The zero-order valence-electron chi connectivity index (χ0n) is 11.8. The molecule has 1 nitrogen and oxygen atoms in total. The third-order valence-corrected chi connectivity index (χ3v) is 4.66. The summed E-state index contributed by atoms with van der Waals surface area (Å²) >= 11 is 6.36. The van der Waals surface area contributed by atoms with Gasteiger partial charge in [0, 0.05) is 10.6 Å². The van der Waals surface area contributed by atoms with E-state index in [0.29, 0.717) is 0 Å². The Bertz CT molecular complexity index is 635. The van der Waals surface area contributed by atoms with Crippen LogP contribution in [0.5, 0.6) is 0 Å². The first-order chi connectivity index (χ1) is 9.56. The van der Waals surface area contributed by atoms with Gasteiger partial charge in [-0.3, -0.25) is 0 Å². The third-order valence-electron chi connectivity index (χ3n) is 4.30. The SMILES string of the molecule is Cc1ccc(CC2(N)CCc3ccccc3C2)c(Cl)c1. The molecule has 2 aromatic rings. The van der Waals surface area contributed by atoms with Crippen molar-refractivity contribution in [3.63, 3.8) is 0 Å². The van der Waals surface area contributed by atoms with Gasteiger partial charge >= 0.3 is 0 Å². The predicted octanol–water partition coefficient (Wildman–Crippen LogP) is 4.08. The first-order valence-electron chi connectivity index (χ1n) is 7.16. The van der Waals surface area contributed by atoms with E-state index < -0.39 is 0 Å². The molecular formula is C18H20ClN. The predicted molar refractivity (Wildman–Crippen MR) is 85.3 cm³/mol. The van der Waals surface area contributed by atoms with Crippen LogP contribution in [-0.2, 0) is 19.3 Å². The van der Waals surface area contributed by atoms with Crippen molar-refractivity contribution in [2.24, 2.45) is 5.73 Å². The molecule has 0 aliphatic heterocycles. The molecule has 1 atom stereocenters. The zero-order chi connectivity index (χ0) is 14.2. The van der Waals surface area contributed by atoms with Crippen molar-refractivity contribution in [2.75, 3.05) is 0 Å². The second kappa shape index (κ2) is 5.23. The van der Waals surface area contributed by atoms with E-state index in [9.17, 15) is 0 Å². The van der Waals surface area contributed by atoms with Gasteiger partial charge in [-0.05, 0) is 60.9 Å². The summed E-state index contributed by atoms with van der Waals surface area (Å²) in [6.45, 7) is 2.06. The van der Waals surface area contributed by atoms with Gasteiger partial charge in [-0.25, -0.2) is 0 Å². The quantitative estimate of drug-likeness (QED) is 0.884. The number of rotatable bonds is 2. The van der Waals surface area contributed by atoms with Crippen LogP contribution in [0.25, 0.3) is 0 Å². The van der Waals surface area contributed by atoms with E-state index in [1.165, 1.54) is 22.3 Å². The van der Waals surface area contributed by atoms with Crippen molar-refractivity contribution in [3.05, 3.63) is 69.7 Å². The second-order valence-corrected chi connectivity index (χ2v) is 6.49. The average molecular weight is 286 g/mol. The van der Waals surface area contributed by atoms with Gasteiger partial charge in [-0.1, -0.05) is 48.0 Å². The number of hydrogen-bond donors (Lipinski definition) is 1. The van der Waals surface area contributed by atoms with Crippen molar-refractivity contribution in [2.45, 2.75) is 38.1 Å². The minimum Gasteiger partial charge on any atom is -0.324 e. The smallest absolute Gasteiger partial charge is 0.0441 e. The van der Waals surface area contributed by atoms with Crippen LogP contribution in [0.4, 0.5) is 0 Å². The molecule has 20 heavy (non-hydrogen) atoms. The molecule has 104 valence electrons. The fourth-order valence-corrected chi connectivity index (χ4v) is 3.45. The van der Waals surface area contributed by atoms with Gasteiger partial charge in [0.1, 0.15) is 0 Å². The molecule has 0 saturated heterocycles. The Kier molecular flexibility index (Phi) is 3.57. The maximum atomic E-state index is 6.65. The van der Waals surface area contributed by atoms with Gasteiger partial charge in [-0.2, -0.15) is 0 Å². The highest BCUT2D eigenvalue weighted by Crippen LogP contribution is 2.31. The first-order valence-corrected chi connectivity index (χ1v) is 7.54. The van der Waals surface area contributed by atoms with Gasteiger partial charge in [0.15, 0.2) is 0 Å². The summed E-state index contributed by atoms with van der Waals surface area (Å²) in [5.74, 6) is 0. The van der Waals surface area contributed by atoms with E-state index >= 15 is 0 Å². The molecule has 0 heterocycles. The summed E-state index contributed by atoms with van der Waals surface area (Å²) in [6, 6.07) is 14.9. The van der Waals surface area contributed by atoms with E-state index in [1.807, 2.05) is 6.07 Å². The molecule has 1 aliphatic rings. The minimum atomic E-state index is -0.173. The van der Waals surface area contributed by atoms with E-state index in [0.717, 1.165) is 30.7 Å². The Morgan fingerprint density at radius 2 is 1.90 bits per heavy atom. The van der Waals surface area contributed by atoms with E-state index in [-0.39, 0.29) is 5.54 Å². The molecule has 0 saturated carbocycles. The van der Waals surface area contributed by atoms with Crippen LogP contribution in [0.1, 0.15) is 28.7 Å². The molecule has 0 fully saturated rings. The molecule has 3 rings (SSSR count). The summed E-state index contributed by atoms with van der Waals surface area (Å²) in [5.41, 5.74) is 11.7. The van der Waals surface area contributed by atoms with Gasteiger partial charge < -0.3 is 5.73 Å². The Morgan fingerprint density at radius 1 is 1.15 bits per heavy atom. The van der Waals surface area contributed by atoms with Crippen LogP contribution in [0.2, 0.25) is 5.02 Å². The van der Waals surface area contributed by atoms with Crippen molar-refractivity contribution >= 4 is 11.6 Å². The van der Waals surface area contributed by atoms with Gasteiger partial charge in [-0.15, -0.1) is 0 Å². The molecule has 1 aliphatic carbocycles. The number of benzene rings is 2. The summed E-state index contributed by atoms with van der Waals surface area (Å²) in [5, 5.41) is 0.841. The monoisotopic (exact) mass is 285 g/mol. The highest BCUT2D eigenvalue weighted by Gasteiger charge is 2.30. The van der Waals surface area contributed by atoms with Gasteiger partial charge in [0.25, 0.3) is 0 Å². The number of hydrogen-bond acceptors (Lipinski definition) is 1. The van der Waals surface area contributed by atoms with Gasteiger partial charge in [0.05, 0.1) is 0 Å². The van der Waals surface area contributed by atoms with Crippen molar-refractivity contribution < 1.29 is 0 Å². The lowest BCUT2D eigenvalue weighted by Crippen LogP contribution is -2.47. The normalized spacial score (nSPS) is 21.6. The molecular weight excluding hydrogens is 266 g/mol. The maximum Gasteiger partial charge on any atom is 0.0441 e. The molecule has 0 bridgehead atoms. The summed E-state index contributed by atoms with van der Waals surface area (Å²) in [7, 11) is 0. The van der Waals surface area contributed by atoms with Crippen LogP contribution in [0.3, 0.4) is 0 Å². The number of nitrogens with two attached hydrogens (primary N) is 1. The van der Waals surface area contributed by atoms with E-state index in [4.69, 9.17) is 17.3 Å². The van der Waals surface area contributed by atoms with Crippen LogP contribution in [-0.4, -0.2) is 5.54 Å². The lowest BCUT2D eigenvalue weighted by atomic mass is 9.75. The first kappa shape index (κ1) is 13.7. The summed E-state index contributed by atoms with van der Waals surface area (Å²) in [6.07, 6.45) is 3.87. The minimum absolute atomic E-state index is 0.173. The number of aryl methyl sites for hydroxylation is 2. The maximum absolute atomic E-state index is 6.65. The largest absolute Gasteiger partial charge is 0.324 e. The standard InChI is InChI=1S/C18H20ClN/c1-13-6-7-16(17(19)10-13)12-18(20)9-8-14-4-2-3-5-15(14)11-18/h2-7,10H,8-9,11-12,20H2,1H3. The van der Waals surface area contributed by atoms with Gasteiger partial charge in [0.2, 0.25) is 0 Å². The van der Waals surface area contributed by atoms with Crippen molar-refractivity contribution in [1.29, 1.82) is 0 Å². The van der Waals surface area contributed by atoms with Crippen LogP contribution < -0.4 is 5.73 Å².